The molecule has 0 aromatic rings. The number of carboxylic acid groups (broad SMARTS) is 2. The fourth-order valence-electron chi connectivity index (χ4n) is 3.01. The minimum Gasteiger partial charge on any atom is -0.481 e. The second kappa shape index (κ2) is 15.5. The van der Waals surface area contributed by atoms with Gasteiger partial charge in [-0.05, 0) is 31.1 Å². The van der Waals surface area contributed by atoms with Crippen molar-refractivity contribution in [2.24, 2.45) is 34.0 Å². The number of nitrogens with two attached hydrogens (primary N) is 3. The third-order valence-corrected chi connectivity index (χ3v) is 5.06. The van der Waals surface area contributed by atoms with Crippen LogP contribution in [0.25, 0.3) is 0 Å². The first-order valence-corrected chi connectivity index (χ1v) is 11.3. The molecule has 0 aromatic heterocycles. The summed E-state index contributed by atoms with van der Waals surface area (Å²) in [5.41, 5.74) is 16.3. The number of carbonyl (C=O) groups excluding carboxylic acids is 3. The number of aliphatic imine (C=N–C) groups is 1. The van der Waals surface area contributed by atoms with Gasteiger partial charge in [-0.2, -0.15) is 0 Å². The first-order chi connectivity index (χ1) is 16.2. The maximum atomic E-state index is 13.0. The highest BCUT2D eigenvalue weighted by Crippen LogP contribution is 2.08. The van der Waals surface area contributed by atoms with Gasteiger partial charge in [0.2, 0.25) is 17.7 Å². The second-order valence-corrected chi connectivity index (χ2v) is 8.85. The van der Waals surface area contributed by atoms with Gasteiger partial charge in [0.1, 0.15) is 18.1 Å². The number of nitrogens with one attached hydrogen (secondary N) is 3. The lowest BCUT2D eigenvalue weighted by Crippen LogP contribution is -2.59. The summed E-state index contributed by atoms with van der Waals surface area (Å²) in [5.74, 6) is -5.37. The van der Waals surface area contributed by atoms with Gasteiger partial charge in [0, 0.05) is 13.0 Å². The van der Waals surface area contributed by atoms with Crippen LogP contribution in [0, 0.1) is 11.8 Å². The van der Waals surface area contributed by atoms with E-state index in [1.807, 2.05) is 0 Å². The molecule has 0 fully saturated rings. The Balaban J connectivity index is 5.52. The number of hydrogen-bond donors (Lipinski definition) is 8. The molecule has 0 rings (SSSR count). The molecule has 0 aliphatic rings. The minimum absolute atomic E-state index is 0.0934. The molecule has 11 N–H and O–H groups in total. The molecule has 0 radical (unpaired) electrons. The lowest BCUT2D eigenvalue weighted by atomic mass is 9.99. The van der Waals surface area contributed by atoms with Crippen molar-refractivity contribution in [3.63, 3.8) is 0 Å². The number of aliphatic carboxylic acids is 2. The van der Waals surface area contributed by atoms with Gasteiger partial charge in [0.15, 0.2) is 5.96 Å². The average molecular weight is 502 g/mol. The third-order valence-electron chi connectivity index (χ3n) is 5.06. The number of carboxylic acids is 2. The Morgan fingerprint density at radius 3 is 1.80 bits per heavy atom. The minimum atomic E-state index is -1.21. The van der Waals surface area contributed by atoms with Crippen LogP contribution < -0.4 is 33.2 Å². The van der Waals surface area contributed by atoms with Crippen LogP contribution in [-0.2, 0) is 24.0 Å². The predicted molar refractivity (Wildman–Crippen MR) is 128 cm³/mol. The van der Waals surface area contributed by atoms with Gasteiger partial charge >= 0.3 is 11.9 Å². The molecule has 0 saturated heterocycles. The maximum Gasteiger partial charge on any atom is 0.326 e. The molecule has 0 heterocycles. The van der Waals surface area contributed by atoms with Crippen molar-refractivity contribution in [3.05, 3.63) is 0 Å². The van der Waals surface area contributed by atoms with Gasteiger partial charge in [-0.1, -0.05) is 27.7 Å². The lowest BCUT2D eigenvalue weighted by molar-refractivity contribution is -0.144. The van der Waals surface area contributed by atoms with Crippen LogP contribution >= 0.6 is 0 Å². The number of amides is 3. The Morgan fingerprint density at radius 2 is 1.34 bits per heavy atom. The first kappa shape index (κ1) is 31.6. The van der Waals surface area contributed by atoms with E-state index in [1.54, 1.807) is 27.7 Å². The summed E-state index contributed by atoms with van der Waals surface area (Å²) >= 11 is 0. The molecular formula is C21H39N7O7. The average Bonchev–Trinajstić information content (AvgIpc) is 2.74. The summed E-state index contributed by atoms with van der Waals surface area (Å²) in [6.45, 7) is 6.79. The summed E-state index contributed by atoms with van der Waals surface area (Å²) in [5, 5.41) is 25.6. The van der Waals surface area contributed by atoms with Gasteiger partial charge in [0.05, 0.1) is 6.04 Å². The van der Waals surface area contributed by atoms with Crippen molar-refractivity contribution in [2.75, 3.05) is 6.54 Å². The van der Waals surface area contributed by atoms with Gasteiger partial charge in [-0.3, -0.25) is 24.2 Å². The Bertz CT molecular complexity index is 782. The van der Waals surface area contributed by atoms with Crippen LogP contribution in [0.4, 0.5) is 0 Å². The van der Waals surface area contributed by atoms with E-state index < -0.39 is 65.7 Å². The van der Waals surface area contributed by atoms with Crippen molar-refractivity contribution >= 4 is 35.6 Å². The highest BCUT2D eigenvalue weighted by molar-refractivity contribution is 5.94. The molecule has 0 aliphatic carbocycles. The highest BCUT2D eigenvalue weighted by atomic mass is 16.4. The standard InChI is InChI=1S/C21H39N7O7/c1-10(2)15(19(33)28-16(11(3)4)20(34)35)27-18(32)13(6-5-9-25-21(23)24)26-17(31)12(22)7-8-14(29)30/h10-13,15-16H,5-9,22H2,1-4H3,(H,26,31)(H,27,32)(H,28,33)(H,29,30)(H,34,35)(H4,23,24,25). The van der Waals surface area contributed by atoms with Crippen LogP contribution in [0.1, 0.15) is 53.4 Å². The van der Waals surface area contributed by atoms with Crippen molar-refractivity contribution < 1.29 is 34.2 Å². The molecule has 14 heteroatoms. The zero-order valence-corrected chi connectivity index (χ0v) is 20.6. The molecule has 0 aliphatic heterocycles. The van der Waals surface area contributed by atoms with Crippen molar-refractivity contribution in [3.8, 4) is 0 Å². The predicted octanol–water partition coefficient (Wildman–Crippen LogP) is -1.92. The maximum absolute atomic E-state index is 13.0. The van der Waals surface area contributed by atoms with E-state index >= 15 is 0 Å². The fourth-order valence-corrected chi connectivity index (χ4v) is 3.01. The summed E-state index contributed by atoms with van der Waals surface area (Å²) in [7, 11) is 0. The summed E-state index contributed by atoms with van der Waals surface area (Å²) in [4.78, 5) is 64.2. The molecule has 4 atom stereocenters. The van der Waals surface area contributed by atoms with Gasteiger partial charge < -0.3 is 43.4 Å². The normalized spacial score (nSPS) is 14.4. The first-order valence-electron chi connectivity index (χ1n) is 11.3. The third kappa shape index (κ3) is 12.6. The SMILES string of the molecule is CC(C)C(NC(=O)C(NC(=O)C(CCCN=C(N)N)NC(=O)C(N)CCC(=O)O)C(C)C)C(=O)O. The number of hydrogen-bond acceptors (Lipinski definition) is 7. The Kier molecular flexibility index (Phi) is 14.0. The smallest absolute Gasteiger partial charge is 0.326 e. The number of rotatable bonds is 16. The van der Waals surface area contributed by atoms with Crippen molar-refractivity contribution in [2.45, 2.75) is 77.5 Å². The van der Waals surface area contributed by atoms with Crippen LogP contribution in [0.15, 0.2) is 4.99 Å². The Labute approximate surface area is 204 Å². The zero-order valence-electron chi connectivity index (χ0n) is 20.6. The molecule has 0 spiro atoms. The monoisotopic (exact) mass is 501 g/mol. The molecular weight excluding hydrogens is 462 g/mol. The van der Waals surface area contributed by atoms with Crippen molar-refractivity contribution in [1.82, 2.24) is 16.0 Å². The van der Waals surface area contributed by atoms with E-state index in [0.717, 1.165) is 0 Å². The molecule has 200 valence electrons. The number of nitrogens with zero attached hydrogens (tertiary/aromatic N) is 1. The summed E-state index contributed by atoms with van der Waals surface area (Å²) in [6, 6.07) is -4.52. The zero-order chi connectivity index (χ0) is 27.3. The molecule has 0 bridgehead atoms. The van der Waals surface area contributed by atoms with Crippen molar-refractivity contribution in [1.29, 1.82) is 0 Å². The Hall–Kier alpha value is -3.42. The second-order valence-electron chi connectivity index (χ2n) is 8.85. The largest absolute Gasteiger partial charge is 0.481 e. The fraction of sp³-hybridized carbons (Fsp3) is 0.714. The quantitative estimate of drug-likeness (QED) is 0.0661. The van der Waals surface area contributed by atoms with E-state index in [9.17, 15) is 29.1 Å². The molecule has 14 nitrogen and oxygen atoms in total. The molecule has 4 unspecified atom stereocenters. The number of carbonyl (C=O) groups is 5. The summed E-state index contributed by atoms with van der Waals surface area (Å²) < 4.78 is 0. The van der Waals surface area contributed by atoms with E-state index in [-0.39, 0.29) is 31.8 Å². The van der Waals surface area contributed by atoms with Crippen LogP contribution in [0.5, 0.6) is 0 Å². The molecule has 0 aromatic carbocycles. The molecule has 0 saturated carbocycles. The van der Waals surface area contributed by atoms with Gasteiger partial charge in [-0.15, -0.1) is 0 Å². The van der Waals surface area contributed by atoms with E-state index in [0.29, 0.717) is 6.42 Å². The number of guanidine groups is 1. The van der Waals surface area contributed by atoms with Gasteiger partial charge in [-0.25, -0.2) is 4.79 Å². The van der Waals surface area contributed by atoms with Crippen LogP contribution in [0.3, 0.4) is 0 Å². The van der Waals surface area contributed by atoms with Crippen LogP contribution in [0.2, 0.25) is 0 Å². The van der Waals surface area contributed by atoms with E-state index in [1.165, 1.54) is 0 Å². The van der Waals surface area contributed by atoms with Gasteiger partial charge in [0.25, 0.3) is 0 Å². The van der Waals surface area contributed by atoms with E-state index in [2.05, 4.69) is 20.9 Å². The molecule has 35 heavy (non-hydrogen) atoms. The van der Waals surface area contributed by atoms with Crippen LogP contribution in [-0.4, -0.2) is 76.5 Å². The molecule has 3 amide bonds. The lowest BCUT2D eigenvalue weighted by Gasteiger charge is -2.27. The summed E-state index contributed by atoms with van der Waals surface area (Å²) in [6.07, 6.45) is -0.0672. The highest BCUT2D eigenvalue weighted by Gasteiger charge is 2.32. The topological polar surface area (TPSA) is 252 Å². The Morgan fingerprint density at radius 1 is 0.800 bits per heavy atom. The van der Waals surface area contributed by atoms with E-state index in [4.69, 9.17) is 22.3 Å².